The first-order valence-electron chi connectivity index (χ1n) is 5.36. The predicted octanol–water partition coefficient (Wildman–Crippen LogP) is 1.78. The Balaban J connectivity index is 2.37. The largest absolute Gasteiger partial charge is 0.395 e. The van der Waals surface area contributed by atoms with E-state index in [4.69, 9.17) is 5.11 Å². The Bertz CT molecular complexity index is 163. The zero-order valence-corrected chi connectivity index (χ0v) is 9.30. The molecule has 2 heteroatoms. The molecule has 0 aromatic rings. The summed E-state index contributed by atoms with van der Waals surface area (Å²) in [5.41, 5.74) is 0.502. The Hall–Kier alpha value is -0.0800. The van der Waals surface area contributed by atoms with Crippen molar-refractivity contribution in [3.63, 3.8) is 0 Å². The van der Waals surface area contributed by atoms with Gasteiger partial charge in [0.25, 0.3) is 0 Å². The lowest BCUT2D eigenvalue weighted by atomic mass is 9.97. The van der Waals surface area contributed by atoms with Crippen molar-refractivity contribution < 1.29 is 5.11 Å². The summed E-state index contributed by atoms with van der Waals surface area (Å²) in [6.07, 6.45) is 2.66. The first-order chi connectivity index (χ1) is 5.99. The number of nitrogens with one attached hydrogen (secondary N) is 1. The minimum absolute atomic E-state index is 0.248. The van der Waals surface area contributed by atoms with E-state index < -0.39 is 0 Å². The van der Waals surface area contributed by atoms with Crippen molar-refractivity contribution in [2.75, 3.05) is 6.61 Å². The van der Waals surface area contributed by atoms with Gasteiger partial charge in [-0.2, -0.15) is 0 Å². The minimum atomic E-state index is 0.248. The monoisotopic (exact) mass is 185 g/mol. The minimum Gasteiger partial charge on any atom is -0.395 e. The van der Waals surface area contributed by atoms with Crippen LogP contribution in [0.3, 0.4) is 0 Å². The van der Waals surface area contributed by atoms with Crippen molar-refractivity contribution in [1.29, 1.82) is 0 Å². The highest BCUT2D eigenvalue weighted by Crippen LogP contribution is 2.48. The molecule has 0 saturated heterocycles. The molecule has 1 fully saturated rings. The van der Waals surface area contributed by atoms with Crippen molar-refractivity contribution in [1.82, 2.24) is 5.32 Å². The molecule has 0 aromatic carbocycles. The van der Waals surface area contributed by atoms with Crippen molar-refractivity contribution in [2.24, 2.45) is 11.3 Å². The Morgan fingerprint density at radius 3 is 2.15 bits per heavy atom. The van der Waals surface area contributed by atoms with E-state index in [-0.39, 0.29) is 12.6 Å². The van der Waals surface area contributed by atoms with E-state index in [0.717, 1.165) is 0 Å². The summed E-state index contributed by atoms with van der Waals surface area (Å²) >= 11 is 0. The van der Waals surface area contributed by atoms with Crippen LogP contribution in [0.5, 0.6) is 0 Å². The van der Waals surface area contributed by atoms with Crippen LogP contribution in [0.25, 0.3) is 0 Å². The molecule has 0 radical (unpaired) electrons. The van der Waals surface area contributed by atoms with Gasteiger partial charge in [0, 0.05) is 12.1 Å². The van der Waals surface area contributed by atoms with Crippen LogP contribution < -0.4 is 5.32 Å². The van der Waals surface area contributed by atoms with Crippen molar-refractivity contribution >= 4 is 0 Å². The molecular weight excluding hydrogens is 162 g/mol. The molecule has 2 atom stereocenters. The van der Waals surface area contributed by atoms with Crippen molar-refractivity contribution in [3.05, 3.63) is 0 Å². The third kappa shape index (κ3) is 2.68. The SMILES string of the molecule is CC(C)C(CO)NC(C)C1(C)CC1. The highest BCUT2D eigenvalue weighted by Gasteiger charge is 2.42. The molecule has 0 bridgehead atoms. The van der Waals surface area contributed by atoms with Crippen molar-refractivity contribution in [3.8, 4) is 0 Å². The molecule has 0 spiro atoms. The average Bonchev–Trinajstić information content (AvgIpc) is 2.79. The molecule has 1 rings (SSSR count). The van der Waals surface area contributed by atoms with Gasteiger partial charge in [-0.15, -0.1) is 0 Å². The molecule has 1 aliphatic rings. The van der Waals surface area contributed by atoms with Crippen LogP contribution in [0.15, 0.2) is 0 Å². The van der Waals surface area contributed by atoms with Gasteiger partial charge in [-0.3, -0.25) is 0 Å². The van der Waals surface area contributed by atoms with Crippen LogP contribution in [-0.4, -0.2) is 23.8 Å². The number of aliphatic hydroxyl groups excluding tert-OH is 1. The van der Waals surface area contributed by atoms with E-state index in [1.807, 2.05) is 0 Å². The highest BCUT2D eigenvalue weighted by atomic mass is 16.3. The first kappa shape index (κ1) is 11.0. The van der Waals surface area contributed by atoms with Gasteiger partial charge in [0.2, 0.25) is 0 Å². The molecule has 0 amide bonds. The van der Waals surface area contributed by atoms with Crippen LogP contribution >= 0.6 is 0 Å². The normalized spacial score (nSPS) is 24.5. The van der Waals surface area contributed by atoms with Gasteiger partial charge in [-0.25, -0.2) is 0 Å². The van der Waals surface area contributed by atoms with E-state index in [0.29, 0.717) is 17.4 Å². The fourth-order valence-corrected chi connectivity index (χ4v) is 1.61. The van der Waals surface area contributed by atoms with Crippen LogP contribution in [0, 0.1) is 11.3 Å². The third-order valence-corrected chi connectivity index (χ3v) is 3.55. The summed E-state index contributed by atoms with van der Waals surface area (Å²) in [6, 6.07) is 0.791. The summed E-state index contributed by atoms with van der Waals surface area (Å²) in [4.78, 5) is 0. The maximum Gasteiger partial charge on any atom is 0.0587 e. The second kappa shape index (κ2) is 3.97. The van der Waals surface area contributed by atoms with Gasteiger partial charge in [0.15, 0.2) is 0 Å². The molecule has 1 aliphatic carbocycles. The molecule has 2 unspecified atom stereocenters. The topological polar surface area (TPSA) is 32.3 Å². The van der Waals surface area contributed by atoms with Gasteiger partial charge in [0.05, 0.1) is 6.61 Å². The van der Waals surface area contributed by atoms with E-state index in [1.54, 1.807) is 0 Å². The molecule has 1 saturated carbocycles. The average molecular weight is 185 g/mol. The molecule has 78 valence electrons. The maximum atomic E-state index is 9.17. The number of rotatable bonds is 5. The smallest absolute Gasteiger partial charge is 0.0587 e. The zero-order chi connectivity index (χ0) is 10.1. The van der Waals surface area contributed by atoms with Crippen LogP contribution in [0.1, 0.15) is 40.5 Å². The summed E-state index contributed by atoms with van der Waals surface area (Å²) in [5, 5.41) is 12.7. The summed E-state index contributed by atoms with van der Waals surface area (Å²) in [6.45, 7) is 9.10. The number of aliphatic hydroxyl groups is 1. The third-order valence-electron chi connectivity index (χ3n) is 3.55. The Morgan fingerprint density at radius 1 is 1.31 bits per heavy atom. The second-order valence-electron chi connectivity index (χ2n) is 5.08. The Kier molecular flexibility index (Phi) is 3.36. The standard InChI is InChI=1S/C11H23NO/c1-8(2)10(7-13)12-9(3)11(4)5-6-11/h8-10,12-13H,5-7H2,1-4H3. The van der Waals surface area contributed by atoms with Gasteiger partial charge in [-0.05, 0) is 31.1 Å². The Morgan fingerprint density at radius 2 is 1.85 bits per heavy atom. The lowest BCUT2D eigenvalue weighted by Gasteiger charge is -2.28. The van der Waals surface area contributed by atoms with Gasteiger partial charge in [0.1, 0.15) is 0 Å². The van der Waals surface area contributed by atoms with E-state index >= 15 is 0 Å². The molecule has 0 aliphatic heterocycles. The molecule has 0 heterocycles. The molecule has 13 heavy (non-hydrogen) atoms. The zero-order valence-electron chi connectivity index (χ0n) is 9.30. The first-order valence-corrected chi connectivity index (χ1v) is 5.36. The van der Waals surface area contributed by atoms with Gasteiger partial charge in [-0.1, -0.05) is 20.8 Å². The maximum absolute atomic E-state index is 9.17. The summed E-state index contributed by atoms with van der Waals surface area (Å²) in [7, 11) is 0. The fourth-order valence-electron chi connectivity index (χ4n) is 1.61. The molecule has 2 nitrogen and oxygen atoms in total. The van der Waals surface area contributed by atoms with Crippen LogP contribution in [0.4, 0.5) is 0 Å². The predicted molar refractivity (Wildman–Crippen MR) is 55.7 cm³/mol. The lowest BCUT2D eigenvalue weighted by molar-refractivity contribution is 0.186. The second-order valence-corrected chi connectivity index (χ2v) is 5.08. The molecule has 2 N–H and O–H groups in total. The number of hydrogen-bond donors (Lipinski definition) is 2. The Labute approximate surface area is 81.7 Å². The van der Waals surface area contributed by atoms with Gasteiger partial charge >= 0.3 is 0 Å². The van der Waals surface area contributed by atoms with E-state index in [2.05, 4.69) is 33.0 Å². The summed E-state index contributed by atoms with van der Waals surface area (Å²) in [5.74, 6) is 0.509. The molecular formula is C11H23NO. The number of hydrogen-bond acceptors (Lipinski definition) is 2. The highest BCUT2D eigenvalue weighted by molar-refractivity contribution is 4.97. The van der Waals surface area contributed by atoms with Gasteiger partial charge < -0.3 is 10.4 Å². The fraction of sp³-hybridized carbons (Fsp3) is 1.00. The summed E-state index contributed by atoms with van der Waals surface area (Å²) < 4.78 is 0. The lowest BCUT2D eigenvalue weighted by Crippen LogP contribution is -2.45. The van der Waals surface area contributed by atoms with Crippen LogP contribution in [0.2, 0.25) is 0 Å². The van der Waals surface area contributed by atoms with Crippen molar-refractivity contribution in [2.45, 2.75) is 52.6 Å². The molecule has 0 aromatic heterocycles. The van der Waals surface area contributed by atoms with Crippen LogP contribution in [-0.2, 0) is 0 Å². The quantitative estimate of drug-likeness (QED) is 0.684. The van der Waals surface area contributed by atoms with E-state index in [9.17, 15) is 0 Å². The van der Waals surface area contributed by atoms with E-state index in [1.165, 1.54) is 12.8 Å².